The zero-order valence-electron chi connectivity index (χ0n) is 19.9. The van der Waals surface area contributed by atoms with E-state index in [0.29, 0.717) is 0 Å². The number of fused-ring (bicyclic) bond motifs is 3. The first-order valence-corrected chi connectivity index (χ1v) is 12.4. The topological polar surface area (TPSA) is 0 Å². The molecular weight excluding hydrogens is 432 g/mol. The Balaban J connectivity index is 1.49. The fourth-order valence-electron chi connectivity index (χ4n) is 5.38. The summed E-state index contributed by atoms with van der Waals surface area (Å²) in [6, 6.07) is 52.9. The molecule has 0 atom stereocenters. The molecule has 0 saturated heterocycles. The number of hydrogen-bond donors (Lipinski definition) is 0. The van der Waals surface area contributed by atoms with Gasteiger partial charge in [0, 0.05) is 0 Å². The zero-order chi connectivity index (χ0) is 23.9. The van der Waals surface area contributed by atoms with Gasteiger partial charge in [0.15, 0.2) is 0 Å². The Morgan fingerprint density at radius 3 is 1.56 bits per heavy atom. The highest BCUT2D eigenvalue weighted by Crippen LogP contribution is 2.41. The van der Waals surface area contributed by atoms with Crippen LogP contribution in [0.15, 0.2) is 146 Å². The monoisotopic (exact) mass is 456 g/mol. The van der Waals surface area contributed by atoms with Crippen LogP contribution in [-0.2, 0) is 0 Å². The first-order chi connectivity index (χ1) is 17.8. The lowest BCUT2D eigenvalue weighted by atomic mass is 9.87. The molecular formula is C36H24. The van der Waals surface area contributed by atoms with Crippen LogP contribution in [0.25, 0.3) is 65.7 Å². The molecule has 0 amide bonds. The van der Waals surface area contributed by atoms with E-state index in [0.717, 1.165) is 0 Å². The normalized spacial score (nSPS) is 11.3. The summed E-state index contributed by atoms with van der Waals surface area (Å²) < 4.78 is 0. The van der Waals surface area contributed by atoms with Gasteiger partial charge < -0.3 is 0 Å². The quantitative estimate of drug-likeness (QED) is 0.232. The van der Waals surface area contributed by atoms with Gasteiger partial charge in [-0.15, -0.1) is 0 Å². The van der Waals surface area contributed by atoms with Gasteiger partial charge in [-0.3, -0.25) is 0 Å². The van der Waals surface area contributed by atoms with Crippen LogP contribution >= 0.6 is 0 Å². The Bertz CT molecular complexity index is 1860. The van der Waals surface area contributed by atoms with Crippen LogP contribution in [-0.4, -0.2) is 0 Å². The largest absolute Gasteiger partial charge is 0.0622 e. The van der Waals surface area contributed by atoms with Crippen molar-refractivity contribution in [1.82, 2.24) is 0 Å². The molecule has 0 heterocycles. The molecule has 0 aromatic heterocycles. The zero-order valence-corrected chi connectivity index (χ0v) is 19.9. The van der Waals surface area contributed by atoms with Crippen molar-refractivity contribution < 1.29 is 0 Å². The van der Waals surface area contributed by atoms with Crippen molar-refractivity contribution >= 4 is 32.3 Å². The van der Waals surface area contributed by atoms with Crippen LogP contribution in [0.2, 0.25) is 0 Å². The molecule has 36 heavy (non-hydrogen) atoms. The first kappa shape index (κ1) is 20.7. The van der Waals surface area contributed by atoms with Gasteiger partial charge in [0.2, 0.25) is 0 Å². The minimum atomic E-state index is 1.23. The summed E-state index contributed by atoms with van der Waals surface area (Å²) >= 11 is 0. The van der Waals surface area contributed by atoms with Crippen molar-refractivity contribution in [2.45, 2.75) is 0 Å². The average Bonchev–Trinajstić information content (AvgIpc) is 2.96. The maximum Gasteiger partial charge on any atom is -0.00266 e. The fourth-order valence-corrected chi connectivity index (χ4v) is 5.38. The van der Waals surface area contributed by atoms with Gasteiger partial charge in [-0.1, -0.05) is 127 Å². The van der Waals surface area contributed by atoms with Crippen LogP contribution in [0.1, 0.15) is 0 Å². The molecule has 0 nitrogen and oxygen atoms in total. The molecule has 0 aliphatic rings. The molecule has 0 aliphatic carbocycles. The van der Waals surface area contributed by atoms with Gasteiger partial charge in [-0.2, -0.15) is 0 Å². The second kappa shape index (κ2) is 8.52. The Kier molecular flexibility index (Phi) is 4.89. The highest BCUT2D eigenvalue weighted by atomic mass is 14.2. The fraction of sp³-hybridized carbons (Fsp3) is 0. The highest BCUT2D eigenvalue weighted by Gasteiger charge is 2.14. The molecule has 168 valence electrons. The predicted molar refractivity (Wildman–Crippen MR) is 155 cm³/mol. The maximum absolute atomic E-state index is 2.36. The van der Waals surface area contributed by atoms with E-state index in [-0.39, 0.29) is 0 Å². The Morgan fingerprint density at radius 2 is 0.806 bits per heavy atom. The molecule has 7 aromatic rings. The summed E-state index contributed by atoms with van der Waals surface area (Å²) in [7, 11) is 0. The molecule has 7 aromatic carbocycles. The van der Waals surface area contributed by atoms with Crippen LogP contribution in [0, 0.1) is 0 Å². The molecule has 0 N–H and O–H groups in total. The Morgan fingerprint density at radius 1 is 0.278 bits per heavy atom. The molecule has 0 saturated carbocycles. The Hall–Kier alpha value is -4.68. The van der Waals surface area contributed by atoms with Crippen LogP contribution in [0.4, 0.5) is 0 Å². The lowest BCUT2D eigenvalue weighted by Crippen LogP contribution is -1.90. The van der Waals surface area contributed by atoms with E-state index in [2.05, 4.69) is 146 Å². The average molecular weight is 457 g/mol. The smallest absolute Gasteiger partial charge is 0.00266 e. The van der Waals surface area contributed by atoms with E-state index in [9.17, 15) is 0 Å². The predicted octanol–water partition coefficient (Wildman–Crippen LogP) is 10.1. The van der Waals surface area contributed by atoms with Crippen molar-refractivity contribution in [1.29, 1.82) is 0 Å². The molecule has 7 rings (SSSR count). The van der Waals surface area contributed by atoms with Crippen molar-refractivity contribution in [3.05, 3.63) is 146 Å². The lowest BCUT2D eigenvalue weighted by molar-refractivity contribution is 1.60. The van der Waals surface area contributed by atoms with E-state index < -0.39 is 0 Å². The molecule has 0 aliphatic heterocycles. The van der Waals surface area contributed by atoms with Gasteiger partial charge in [0.25, 0.3) is 0 Å². The Labute approximate surface area is 211 Å². The van der Waals surface area contributed by atoms with Gasteiger partial charge in [-0.05, 0) is 83.9 Å². The van der Waals surface area contributed by atoms with E-state index in [4.69, 9.17) is 0 Å². The standard InChI is InChI=1S/C36H24/c1-2-8-25(9-3-1)27-14-17-28(18-15-27)36-34(32-19-16-26-10-4-5-11-29(26)22-32)21-20-33-23-30-12-6-7-13-31(30)24-35(33)36/h1-24H. The third-order valence-electron chi connectivity index (χ3n) is 7.23. The lowest BCUT2D eigenvalue weighted by Gasteiger charge is -2.16. The van der Waals surface area contributed by atoms with Crippen LogP contribution < -0.4 is 0 Å². The maximum atomic E-state index is 2.36. The summed E-state index contributed by atoms with van der Waals surface area (Å²) in [5.74, 6) is 0. The van der Waals surface area contributed by atoms with Crippen molar-refractivity contribution in [2.24, 2.45) is 0 Å². The molecule has 0 spiro atoms. The van der Waals surface area contributed by atoms with Crippen LogP contribution in [0.3, 0.4) is 0 Å². The van der Waals surface area contributed by atoms with Gasteiger partial charge in [-0.25, -0.2) is 0 Å². The SMILES string of the molecule is c1ccc(-c2ccc(-c3c(-c4ccc5ccccc5c4)ccc4cc5ccccc5cc34)cc2)cc1. The highest BCUT2D eigenvalue weighted by molar-refractivity contribution is 6.10. The van der Waals surface area contributed by atoms with Crippen molar-refractivity contribution in [3.8, 4) is 33.4 Å². The van der Waals surface area contributed by atoms with E-state index in [1.54, 1.807) is 0 Å². The summed E-state index contributed by atoms with van der Waals surface area (Å²) in [6.07, 6.45) is 0. The summed E-state index contributed by atoms with van der Waals surface area (Å²) in [5.41, 5.74) is 7.49. The van der Waals surface area contributed by atoms with E-state index in [1.807, 2.05) is 0 Å². The molecule has 0 fully saturated rings. The van der Waals surface area contributed by atoms with E-state index >= 15 is 0 Å². The second-order valence-electron chi connectivity index (χ2n) is 9.41. The molecule has 0 bridgehead atoms. The number of hydrogen-bond acceptors (Lipinski definition) is 0. The van der Waals surface area contributed by atoms with Gasteiger partial charge >= 0.3 is 0 Å². The summed E-state index contributed by atoms with van der Waals surface area (Å²) in [4.78, 5) is 0. The third kappa shape index (κ3) is 3.56. The van der Waals surface area contributed by atoms with Crippen molar-refractivity contribution in [3.63, 3.8) is 0 Å². The molecule has 0 radical (unpaired) electrons. The summed E-state index contributed by atoms with van der Waals surface area (Å²) in [6.45, 7) is 0. The van der Waals surface area contributed by atoms with Gasteiger partial charge in [0.1, 0.15) is 0 Å². The summed E-state index contributed by atoms with van der Waals surface area (Å²) in [5, 5.41) is 7.62. The van der Waals surface area contributed by atoms with Gasteiger partial charge in [0.05, 0.1) is 0 Å². The number of benzene rings is 7. The van der Waals surface area contributed by atoms with Crippen LogP contribution in [0.5, 0.6) is 0 Å². The minimum absolute atomic E-state index is 1.23. The number of rotatable bonds is 3. The minimum Gasteiger partial charge on any atom is -0.0622 e. The first-order valence-electron chi connectivity index (χ1n) is 12.4. The molecule has 0 heteroatoms. The second-order valence-corrected chi connectivity index (χ2v) is 9.41. The van der Waals surface area contributed by atoms with Crippen molar-refractivity contribution in [2.75, 3.05) is 0 Å². The third-order valence-corrected chi connectivity index (χ3v) is 7.23. The van der Waals surface area contributed by atoms with E-state index in [1.165, 1.54) is 65.7 Å². The molecule has 0 unspecified atom stereocenters.